The molecular weight excluding hydrogens is 276 g/mol. The Morgan fingerprint density at radius 3 is 2.41 bits per heavy atom. The molecule has 0 bridgehead atoms. The van der Waals surface area contributed by atoms with Gasteiger partial charge in [-0.15, -0.1) is 0 Å². The zero-order valence-corrected chi connectivity index (χ0v) is 12.5. The van der Waals surface area contributed by atoms with Crippen LogP contribution < -0.4 is 4.90 Å². The molecule has 0 aliphatic heterocycles. The molecule has 22 heavy (non-hydrogen) atoms. The summed E-state index contributed by atoms with van der Waals surface area (Å²) in [5.41, 5.74) is 3.54. The van der Waals surface area contributed by atoms with Crippen LogP contribution in [0.25, 0.3) is 11.3 Å². The number of carbonyl (C=O) groups is 1. The van der Waals surface area contributed by atoms with Crippen molar-refractivity contribution in [1.82, 2.24) is 5.16 Å². The van der Waals surface area contributed by atoms with Crippen molar-refractivity contribution in [3.8, 4) is 11.3 Å². The molecule has 0 spiro atoms. The number of anilines is 1. The Balaban J connectivity index is 1.84. The first-order valence-corrected chi connectivity index (χ1v) is 7.02. The molecule has 0 N–H and O–H groups in total. The molecule has 0 atom stereocenters. The summed E-state index contributed by atoms with van der Waals surface area (Å²) in [5.74, 6) is 0.000428. The number of hydrogen-bond acceptors (Lipinski definition) is 3. The van der Waals surface area contributed by atoms with Crippen molar-refractivity contribution in [2.45, 2.75) is 6.92 Å². The van der Waals surface area contributed by atoms with Crippen molar-refractivity contribution in [3.63, 3.8) is 0 Å². The van der Waals surface area contributed by atoms with E-state index in [9.17, 15) is 4.79 Å². The highest BCUT2D eigenvalue weighted by molar-refractivity contribution is 6.04. The highest BCUT2D eigenvalue weighted by Crippen LogP contribution is 2.21. The summed E-state index contributed by atoms with van der Waals surface area (Å²) in [6, 6.07) is 19.0. The van der Waals surface area contributed by atoms with E-state index in [1.54, 1.807) is 18.0 Å². The quantitative estimate of drug-likeness (QED) is 0.735. The van der Waals surface area contributed by atoms with Gasteiger partial charge in [-0.1, -0.05) is 53.2 Å². The van der Waals surface area contributed by atoms with E-state index in [1.807, 2.05) is 61.5 Å². The summed E-state index contributed by atoms with van der Waals surface area (Å²) in [5, 5.41) is 3.98. The van der Waals surface area contributed by atoms with E-state index in [-0.39, 0.29) is 11.7 Å². The monoisotopic (exact) mass is 292 g/mol. The van der Waals surface area contributed by atoms with Crippen molar-refractivity contribution < 1.29 is 9.32 Å². The number of aromatic nitrogens is 1. The molecule has 0 unspecified atom stereocenters. The maximum absolute atomic E-state index is 12.5. The number of amides is 1. The predicted octanol–water partition coefficient (Wildman–Crippen LogP) is 3.93. The third-order valence-electron chi connectivity index (χ3n) is 3.52. The minimum absolute atomic E-state index is 0.224. The van der Waals surface area contributed by atoms with Crippen molar-refractivity contribution in [2.75, 3.05) is 11.9 Å². The summed E-state index contributed by atoms with van der Waals surface area (Å²) in [6.07, 6.45) is 0. The first-order chi connectivity index (χ1) is 10.6. The van der Waals surface area contributed by atoms with Gasteiger partial charge in [-0.2, -0.15) is 0 Å². The van der Waals surface area contributed by atoms with Gasteiger partial charge in [0.15, 0.2) is 0 Å². The number of carbonyl (C=O) groups excluding carboxylic acids is 1. The topological polar surface area (TPSA) is 46.3 Å². The Morgan fingerprint density at radius 2 is 1.73 bits per heavy atom. The van der Waals surface area contributed by atoms with E-state index >= 15 is 0 Å². The minimum Gasteiger partial charge on any atom is -0.350 e. The molecule has 1 heterocycles. The zero-order valence-electron chi connectivity index (χ0n) is 12.5. The van der Waals surface area contributed by atoms with Crippen LogP contribution >= 0.6 is 0 Å². The van der Waals surface area contributed by atoms with Crippen LogP contribution in [0.15, 0.2) is 65.2 Å². The van der Waals surface area contributed by atoms with E-state index in [0.717, 1.165) is 16.8 Å². The smallest absolute Gasteiger partial charge is 0.296 e. The normalized spacial score (nSPS) is 10.5. The van der Waals surface area contributed by atoms with Crippen LogP contribution in [0.4, 0.5) is 5.69 Å². The second-order valence-electron chi connectivity index (χ2n) is 5.14. The summed E-state index contributed by atoms with van der Waals surface area (Å²) in [6.45, 7) is 2.01. The van der Waals surface area contributed by atoms with Crippen molar-refractivity contribution in [2.24, 2.45) is 0 Å². The molecule has 110 valence electrons. The van der Waals surface area contributed by atoms with Gasteiger partial charge in [-0.25, -0.2) is 0 Å². The maximum atomic E-state index is 12.5. The van der Waals surface area contributed by atoms with Crippen LogP contribution in [0.5, 0.6) is 0 Å². The summed E-state index contributed by atoms with van der Waals surface area (Å²) in [7, 11) is 1.72. The van der Waals surface area contributed by atoms with E-state index in [2.05, 4.69) is 5.16 Å². The fourth-order valence-electron chi connectivity index (χ4n) is 2.17. The average Bonchev–Trinajstić information content (AvgIpc) is 3.05. The average molecular weight is 292 g/mol. The lowest BCUT2D eigenvalue weighted by molar-refractivity contribution is 0.0957. The molecule has 2 aromatic carbocycles. The van der Waals surface area contributed by atoms with Gasteiger partial charge in [0.05, 0.1) is 0 Å². The van der Waals surface area contributed by atoms with Crippen LogP contribution in [-0.4, -0.2) is 18.1 Å². The summed E-state index contributed by atoms with van der Waals surface area (Å²) in [4.78, 5) is 14.0. The fraction of sp³-hybridized carbons (Fsp3) is 0.111. The van der Waals surface area contributed by atoms with Gasteiger partial charge in [-0.3, -0.25) is 4.79 Å². The van der Waals surface area contributed by atoms with Gasteiger partial charge in [0.1, 0.15) is 5.69 Å². The SMILES string of the molecule is Cc1ccc(N(C)C(=O)c2cc(-c3ccccc3)no2)cc1. The number of nitrogens with zero attached hydrogens (tertiary/aromatic N) is 2. The molecule has 1 aromatic heterocycles. The Bertz CT molecular complexity index is 776. The predicted molar refractivity (Wildman–Crippen MR) is 85.9 cm³/mol. The lowest BCUT2D eigenvalue weighted by atomic mass is 10.1. The highest BCUT2D eigenvalue weighted by Gasteiger charge is 2.19. The Labute approximate surface area is 129 Å². The summed E-state index contributed by atoms with van der Waals surface area (Å²) >= 11 is 0. The standard InChI is InChI=1S/C18H16N2O2/c1-13-8-10-15(11-9-13)20(2)18(21)17-12-16(19-22-17)14-6-4-3-5-7-14/h3-12H,1-2H3. The van der Waals surface area contributed by atoms with Gasteiger partial charge < -0.3 is 9.42 Å². The number of hydrogen-bond donors (Lipinski definition) is 0. The van der Waals surface area contributed by atoms with Crippen LogP contribution in [0.2, 0.25) is 0 Å². The molecule has 1 amide bonds. The van der Waals surface area contributed by atoms with Gasteiger partial charge >= 0.3 is 0 Å². The molecule has 3 rings (SSSR count). The maximum Gasteiger partial charge on any atom is 0.296 e. The number of rotatable bonds is 3. The molecular formula is C18H16N2O2. The minimum atomic E-state index is -0.224. The third kappa shape index (κ3) is 2.76. The van der Waals surface area contributed by atoms with Gasteiger partial charge in [0.25, 0.3) is 5.91 Å². The second kappa shape index (κ2) is 5.85. The van der Waals surface area contributed by atoms with E-state index in [4.69, 9.17) is 4.52 Å². The number of benzene rings is 2. The molecule has 3 aromatic rings. The van der Waals surface area contributed by atoms with Crippen LogP contribution in [0.1, 0.15) is 16.1 Å². The van der Waals surface area contributed by atoms with Crippen molar-refractivity contribution in [3.05, 3.63) is 72.0 Å². The molecule has 0 fully saturated rings. The van der Waals surface area contributed by atoms with Crippen LogP contribution in [0, 0.1) is 6.92 Å². The molecule has 0 radical (unpaired) electrons. The van der Waals surface area contributed by atoms with Crippen LogP contribution in [0.3, 0.4) is 0 Å². The molecule has 0 saturated heterocycles. The van der Waals surface area contributed by atoms with Crippen molar-refractivity contribution in [1.29, 1.82) is 0 Å². The fourth-order valence-corrected chi connectivity index (χ4v) is 2.17. The summed E-state index contributed by atoms with van der Waals surface area (Å²) < 4.78 is 5.21. The first kappa shape index (κ1) is 14.1. The van der Waals surface area contributed by atoms with E-state index in [0.29, 0.717) is 5.69 Å². The first-order valence-electron chi connectivity index (χ1n) is 7.02. The molecule has 4 nitrogen and oxygen atoms in total. The second-order valence-corrected chi connectivity index (χ2v) is 5.14. The van der Waals surface area contributed by atoms with Gasteiger partial charge in [-0.05, 0) is 19.1 Å². The van der Waals surface area contributed by atoms with Crippen molar-refractivity contribution >= 4 is 11.6 Å². The van der Waals surface area contributed by atoms with E-state index in [1.165, 1.54) is 0 Å². The Morgan fingerprint density at radius 1 is 1.05 bits per heavy atom. The third-order valence-corrected chi connectivity index (χ3v) is 3.52. The lowest BCUT2D eigenvalue weighted by Crippen LogP contribution is -2.25. The molecule has 0 aliphatic rings. The lowest BCUT2D eigenvalue weighted by Gasteiger charge is -2.15. The molecule has 0 aliphatic carbocycles. The Hall–Kier alpha value is -2.88. The molecule has 0 saturated carbocycles. The Kier molecular flexibility index (Phi) is 3.74. The zero-order chi connectivity index (χ0) is 15.5. The largest absolute Gasteiger partial charge is 0.350 e. The van der Waals surface area contributed by atoms with E-state index < -0.39 is 0 Å². The highest BCUT2D eigenvalue weighted by atomic mass is 16.5. The van der Waals surface area contributed by atoms with Gasteiger partial charge in [0.2, 0.25) is 5.76 Å². The van der Waals surface area contributed by atoms with Crippen LogP contribution in [-0.2, 0) is 0 Å². The number of aryl methyl sites for hydroxylation is 1. The molecule has 4 heteroatoms. The van der Waals surface area contributed by atoms with Gasteiger partial charge in [0, 0.05) is 24.4 Å².